The highest BCUT2D eigenvalue weighted by Gasteiger charge is 2.60. The molecule has 0 spiro atoms. The molecule has 3 rings (SSSR count). The quantitative estimate of drug-likeness (QED) is 0.0765. The second-order valence-electron chi connectivity index (χ2n) is 14.3. The Balaban J connectivity index is 2.05. The Bertz CT molecular complexity index is 1890. The number of esters is 3. The van der Waals surface area contributed by atoms with Crippen LogP contribution < -0.4 is 4.74 Å². The molecule has 22 heteroatoms. The third-order valence-electron chi connectivity index (χ3n) is 7.52. The maximum Gasteiger partial charge on any atom is 0.523 e. The fourth-order valence-electron chi connectivity index (χ4n) is 4.46. The van der Waals surface area contributed by atoms with Gasteiger partial charge in [0.2, 0.25) is 6.29 Å². The normalized spacial score (nSPS) is 21.2. The van der Waals surface area contributed by atoms with Crippen molar-refractivity contribution >= 4 is 38.1 Å². The van der Waals surface area contributed by atoms with Gasteiger partial charge in [-0.05, 0) is 71.2 Å². The number of hydrogen-bond donors (Lipinski definition) is 0. The summed E-state index contributed by atoms with van der Waals surface area (Å²) in [5.74, 6) is -3.29. The minimum absolute atomic E-state index is 0.0254. The summed E-state index contributed by atoms with van der Waals surface area (Å²) in [5.41, 5.74) is -14.0. The third-order valence-corrected chi connectivity index (χ3v) is 9.60. The number of ether oxygens (including phenoxy) is 5. The van der Waals surface area contributed by atoms with Gasteiger partial charge in [0.25, 0.3) is 0 Å². The molecule has 1 fully saturated rings. The van der Waals surface area contributed by atoms with Gasteiger partial charge in [0.1, 0.15) is 31.2 Å². The minimum atomic E-state index is -6.74. The van der Waals surface area contributed by atoms with E-state index in [1.165, 1.54) is 65.8 Å². The number of carbonyl (C=O) groups excluding carboxylic acids is 3. The first kappa shape index (κ1) is 46.4. The largest absolute Gasteiger partial charge is 0.523 e. The maximum absolute atomic E-state index is 13.7. The summed E-state index contributed by atoms with van der Waals surface area (Å²) in [7, 11) is -13.5. The summed E-state index contributed by atoms with van der Waals surface area (Å²) in [6.07, 6.45) is -13.3. The molecule has 56 heavy (non-hydrogen) atoms. The Morgan fingerprint density at radius 2 is 1.18 bits per heavy atom. The smallest absolute Gasteiger partial charge is 0.462 e. The van der Waals surface area contributed by atoms with Gasteiger partial charge in [0, 0.05) is 6.42 Å². The molecule has 1 heterocycles. The average molecular weight is 851 g/mol. The molecule has 0 aromatic heterocycles. The summed E-state index contributed by atoms with van der Waals surface area (Å²) in [4.78, 5) is 38.0. The van der Waals surface area contributed by atoms with Crippen molar-refractivity contribution in [1.82, 2.24) is 0 Å². The minimum Gasteiger partial charge on any atom is -0.462 e. The van der Waals surface area contributed by atoms with Gasteiger partial charge in [-0.1, -0.05) is 42.5 Å². The molecule has 0 aliphatic carbocycles. The molecule has 14 nitrogen and oxygen atoms in total. The Labute approximate surface area is 318 Å². The first-order valence-electron chi connectivity index (χ1n) is 16.5. The van der Waals surface area contributed by atoms with Crippen molar-refractivity contribution in [2.24, 2.45) is 10.8 Å². The molecular weight excluding hydrogens is 810 g/mol. The molecule has 2 aromatic rings. The molecule has 0 unspecified atom stereocenters. The first-order chi connectivity index (χ1) is 25.5. The number of benzene rings is 2. The van der Waals surface area contributed by atoms with E-state index < -0.39 is 97.3 Å². The van der Waals surface area contributed by atoms with Crippen LogP contribution >= 0.6 is 0 Å². The van der Waals surface area contributed by atoms with Crippen LogP contribution in [0.15, 0.2) is 54.6 Å². The van der Waals surface area contributed by atoms with E-state index >= 15 is 0 Å². The van der Waals surface area contributed by atoms with Crippen LogP contribution in [0.4, 0.5) is 26.3 Å². The lowest BCUT2D eigenvalue weighted by Gasteiger charge is -2.44. The van der Waals surface area contributed by atoms with Gasteiger partial charge in [-0.3, -0.25) is 18.6 Å². The molecule has 1 aliphatic rings. The van der Waals surface area contributed by atoms with Crippen molar-refractivity contribution < 1.29 is 89.6 Å². The molecule has 0 radical (unpaired) electrons. The zero-order valence-electron chi connectivity index (χ0n) is 30.7. The number of alkyl halides is 6. The van der Waals surface area contributed by atoms with Gasteiger partial charge in [0.05, 0.1) is 10.8 Å². The topological polar surface area (TPSA) is 184 Å². The molecule has 5 atom stereocenters. The zero-order valence-corrected chi connectivity index (χ0v) is 32.3. The van der Waals surface area contributed by atoms with Gasteiger partial charge in [-0.15, -0.1) is 0 Å². The van der Waals surface area contributed by atoms with Crippen molar-refractivity contribution in [3.05, 3.63) is 65.7 Å². The standard InChI is InChI=1S/C34H40F6O14S2/c1-31(2,3)29(42)49-19-23-25(53-55(44,45)33(35,36)37)26(52-30(43)32(4,5)6)27(54-56(46,47)34(38,39)40)28(51-23)50-22-15-12-20(13-16-22)14-17-24(41)48-18-21-10-8-7-9-11-21/h7-13,15-16,23,25-28H,14,17-19H2,1-6H3/t23-,25+,26+,27-,28-/m1/s1. The van der Waals surface area contributed by atoms with Crippen LogP contribution in [0.25, 0.3) is 0 Å². The molecule has 314 valence electrons. The van der Waals surface area contributed by atoms with Gasteiger partial charge >= 0.3 is 49.2 Å². The Hall–Kier alpha value is -3.99. The van der Waals surface area contributed by atoms with Gasteiger partial charge in [0.15, 0.2) is 12.2 Å². The highest BCUT2D eigenvalue weighted by Crippen LogP contribution is 2.38. The lowest BCUT2D eigenvalue weighted by atomic mass is 9.95. The van der Waals surface area contributed by atoms with E-state index in [9.17, 15) is 57.6 Å². The van der Waals surface area contributed by atoms with Crippen LogP contribution in [-0.2, 0) is 75.0 Å². The molecular formula is C34H40F6O14S2. The number of halogens is 6. The van der Waals surface area contributed by atoms with Gasteiger partial charge in [-0.2, -0.15) is 43.2 Å². The van der Waals surface area contributed by atoms with E-state index in [1.54, 1.807) is 30.3 Å². The fraction of sp³-hybridized carbons (Fsp3) is 0.559. The van der Waals surface area contributed by atoms with Crippen LogP contribution in [0, 0.1) is 10.8 Å². The molecule has 1 aliphatic heterocycles. The number of hydrogen-bond acceptors (Lipinski definition) is 14. The van der Waals surface area contributed by atoms with Crippen LogP contribution in [0.5, 0.6) is 5.75 Å². The Morgan fingerprint density at radius 1 is 0.661 bits per heavy atom. The van der Waals surface area contributed by atoms with Crippen LogP contribution in [0.1, 0.15) is 59.1 Å². The SMILES string of the molecule is CC(C)(C)C(=O)OC[C@H]1O[C@@H](Oc2ccc(CCC(=O)OCc3ccccc3)cc2)[C@H](OS(=O)(=O)C(F)(F)F)[C@@H](OC(=O)C(C)(C)C)[C@H]1OS(=O)(=O)C(F)(F)F. The number of rotatable bonds is 14. The first-order valence-corrected chi connectivity index (χ1v) is 19.3. The predicted molar refractivity (Wildman–Crippen MR) is 180 cm³/mol. The van der Waals surface area contributed by atoms with Crippen molar-refractivity contribution in [1.29, 1.82) is 0 Å². The Morgan fingerprint density at radius 3 is 1.68 bits per heavy atom. The third kappa shape index (κ3) is 12.8. The lowest BCUT2D eigenvalue weighted by Crippen LogP contribution is -2.64. The molecule has 0 N–H and O–H groups in total. The maximum atomic E-state index is 13.7. The van der Waals surface area contributed by atoms with Crippen molar-refractivity contribution in [3.8, 4) is 5.75 Å². The Kier molecular flexibility index (Phi) is 14.6. The molecule has 1 saturated heterocycles. The van der Waals surface area contributed by atoms with Gasteiger partial charge < -0.3 is 23.7 Å². The molecule has 2 aromatic carbocycles. The van der Waals surface area contributed by atoms with Crippen LogP contribution in [0.3, 0.4) is 0 Å². The van der Waals surface area contributed by atoms with Crippen LogP contribution in [0.2, 0.25) is 0 Å². The van der Waals surface area contributed by atoms with E-state index in [0.29, 0.717) is 5.56 Å². The average Bonchev–Trinajstić information content (AvgIpc) is 3.07. The molecule has 0 bridgehead atoms. The molecule has 0 amide bonds. The second-order valence-corrected chi connectivity index (χ2v) is 17.5. The highest BCUT2D eigenvalue weighted by atomic mass is 32.2. The summed E-state index contributed by atoms with van der Waals surface area (Å²) < 4.78 is 167. The summed E-state index contributed by atoms with van der Waals surface area (Å²) in [5, 5.41) is 0. The van der Waals surface area contributed by atoms with Crippen molar-refractivity contribution in [2.75, 3.05) is 6.61 Å². The fourth-order valence-corrected chi connectivity index (χ4v) is 5.70. The highest BCUT2D eigenvalue weighted by molar-refractivity contribution is 7.87. The van der Waals surface area contributed by atoms with E-state index in [-0.39, 0.29) is 25.2 Å². The monoisotopic (exact) mass is 850 g/mol. The lowest BCUT2D eigenvalue weighted by molar-refractivity contribution is -0.275. The van der Waals surface area contributed by atoms with Crippen molar-refractivity contribution in [3.63, 3.8) is 0 Å². The number of carbonyl (C=O) groups is 3. The summed E-state index contributed by atoms with van der Waals surface area (Å²) in [6.45, 7) is 6.51. The van der Waals surface area contributed by atoms with Crippen LogP contribution in [-0.4, -0.2) is 83.1 Å². The summed E-state index contributed by atoms with van der Waals surface area (Å²) in [6, 6.07) is 14.0. The number of aryl methyl sites for hydroxylation is 1. The van der Waals surface area contributed by atoms with E-state index in [1.807, 2.05) is 0 Å². The second kappa shape index (κ2) is 17.7. The van der Waals surface area contributed by atoms with Gasteiger partial charge in [-0.25, -0.2) is 4.18 Å². The predicted octanol–water partition coefficient (Wildman–Crippen LogP) is 5.48. The van der Waals surface area contributed by atoms with E-state index in [4.69, 9.17) is 23.7 Å². The van der Waals surface area contributed by atoms with Crippen molar-refractivity contribution in [2.45, 2.75) is 103 Å². The summed E-state index contributed by atoms with van der Waals surface area (Å²) >= 11 is 0. The zero-order chi connectivity index (χ0) is 42.5. The molecule has 0 saturated carbocycles. The van der Waals surface area contributed by atoms with E-state index in [2.05, 4.69) is 8.37 Å². The van der Waals surface area contributed by atoms with E-state index in [0.717, 1.165) is 5.56 Å².